The largest absolute Gasteiger partial charge is 0.496 e. The van der Waals surface area contributed by atoms with E-state index in [1.807, 2.05) is 6.07 Å². The third-order valence-corrected chi connectivity index (χ3v) is 4.41. The Morgan fingerprint density at radius 2 is 2.15 bits per heavy atom. The van der Waals surface area contributed by atoms with Gasteiger partial charge in [-0.05, 0) is 39.3 Å². The lowest BCUT2D eigenvalue weighted by atomic mass is 10.0. The summed E-state index contributed by atoms with van der Waals surface area (Å²) in [5.41, 5.74) is 8.83. The molecule has 0 amide bonds. The van der Waals surface area contributed by atoms with Crippen molar-refractivity contribution in [1.82, 2.24) is 4.90 Å². The second kappa shape index (κ2) is 7.09. The van der Waals surface area contributed by atoms with Crippen LogP contribution in [0.5, 0.6) is 5.75 Å². The topological polar surface area (TPSA) is 38.5 Å². The van der Waals surface area contributed by atoms with Gasteiger partial charge in [0, 0.05) is 24.2 Å². The zero-order chi connectivity index (χ0) is 14.5. The summed E-state index contributed by atoms with van der Waals surface area (Å²) in [6.45, 7) is 6.51. The standard InChI is InChI=1S/C17H28N2O/c1-13-8-9-17(20-3)15(11-13)16(18)12-19-10-6-4-5-7-14(19)2/h8-9,11,14,16H,4-7,10,12,18H2,1-3H3. The molecule has 3 heteroatoms. The van der Waals surface area contributed by atoms with Gasteiger partial charge in [0.05, 0.1) is 7.11 Å². The molecule has 20 heavy (non-hydrogen) atoms. The molecule has 0 aliphatic carbocycles. The van der Waals surface area contributed by atoms with Crippen molar-refractivity contribution in [3.05, 3.63) is 29.3 Å². The summed E-state index contributed by atoms with van der Waals surface area (Å²) < 4.78 is 5.46. The highest BCUT2D eigenvalue weighted by molar-refractivity contribution is 5.39. The summed E-state index contributed by atoms with van der Waals surface area (Å²) in [5, 5.41) is 0. The van der Waals surface area contributed by atoms with E-state index >= 15 is 0 Å². The van der Waals surface area contributed by atoms with Crippen molar-refractivity contribution in [3.8, 4) is 5.75 Å². The minimum atomic E-state index is 0.0189. The molecule has 0 bridgehead atoms. The number of aryl methyl sites for hydroxylation is 1. The Morgan fingerprint density at radius 3 is 2.90 bits per heavy atom. The monoisotopic (exact) mass is 276 g/mol. The van der Waals surface area contributed by atoms with Gasteiger partial charge in [-0.15, -0.1) is 0 Å². The number of benzene rings is 1. The molecule has 2 N–H and O–H groups in total. The summed E-state index contributed by atoms with van der Waals surface area (Å²) in [7, 11) is 1.72. The van der Waals surface area contributed by atoms with Gasteiger partial charge in [-0.3, -0.25) is 4.90 Å². The first kappa shape index (κ1) is 15.3. The van der Waals surface area contributed by atoms with Crippen LogP contribution in [0.2, 0.25) is 0 Å². The molecule has 1 aromatic rings. The van der Waals surface area contributed by atoms with Gasteiger partial charge in [0.2, 0.25) is 0 Å². The first-order valence-electron chi connectivity index (χ1n) is 7.76. The van der Waals surface area contributed by atoms with E-state index in [4.69, 9.17) is 10.5 Å². The van der Waals surface area contributed by atoms with Gasteiger partial charge in [-0.25, -0.2) is 0 Å². The predicted molar refractivity (Wildman–Crippen MR) is 84.2 cm³/mol. The minimum absolute atomic E-state index is 0.0189. The summed E-state index contributed by atoms with van der Waals surface area (Å²) in [6, 6.07) is 6.91. The second-order valence-corrected chi connectivity index (χ2v) is 6.05. The number of nitrogens with zero attached hydrogens (tertiary/aromatic N) is 1. The molecule has 0 saturated carbocycles. The van der Waals surface area contributed by atoms with Gasteiger partial charge >= 0.3 is 0 Å². The molecule has 1 aromatic carbocycles. The van der Waals surface area contributed by atoms with Crippen LogP contribution < -0.4 is 10.5 Å². The smallest absolute Gasteiger partial charge is 0.123 e. The van der Waals surface area contributed by atoms with Crippen molar-refractivity contribution in [3.63, 3.8) is 0 Å². The lowest BCUT2D eigenvalue weighted by Gasteiger charge is -2.30. The maximum atomic E-state index is 6.46. The predicted octanol–water partition coefficient (Wildman–Crippen LogP) is 3.27. The van der Waals surface area contributed by atoms with E-state index in [0.717, 1.165) is 17.9 Å². The van der Waals surface area contributed by atoms with Crippen LogP contribution in [0.1, 0.15) is 49.8 Å². The first-order valence-corrected chi connectivity index (χ1v) is 7.76. The molecule has 1 aliphatic heterocycles. The Kier molecular flexibility index (Phi) is 5.44. The average Bonchev–Trinajstić information content (AvgIpc) is 2.64. The zero-order valence-electron chi connectivity index (χ0n) is 13.1. The van der Waals surface area contributed by atoms with E-state index < -0.39 is 0 Å². The molecule has 1 fully saturated rings. The summed E-state index contributed by atoms with van der Waals surface area (Å²) >= 11 is 0. The number of hydrogen-bond acceptors (Lipinski definition) is 3. The second-order valence-electron chi connectivity index (χ2n) is 6.05. The fourth-order valence-electron chi connectivity index (χ4n) is 3.10. The molecule has 0 spiro atoms. The SMILES string of the molecule is COc1ccc(C)cc1C(N)CN1CCCCCC1C. The molecule has 1 aliphatic rings. The van der Waals surface area contributed by atoms with Crippen molar-refractivity contribution in [2.75, 3.05) is 20.2 Å². The Balaban J connectivity index is 2.10. The molecular weight excluding hydrogens is 248 g/mol. The van der Waals surface area contributed by atoms with Gasteiger partial charge in [0.25, 0.3) is 0 Å². The van der Waals surface area contributed by atoms with Crippen LogP contribution in [0.3, 0.4) is 0 Å². The molecule has 0 radical (unpaired) electrons. The lowest BCUT2D eigenvalue weighted by molar-refractivity contribution is 0.200. The number of nitrogens with two attached hydrogens (primary N) is 1. The van der Waals surface area contributed by atoms with Crippen LogP contribution in [0, 0.1) is 6.92 Å². The molecule has 112 valence electrons. The molecule has 3 nitrogen and oxygen atoms in total. The van der Waals surface area contributed by atoms with Crippen LogP contribution in [0.25, 0.3) is 0 Å². The van der Waals surface area contributed by atoms with Crippen LogP contribution in [-0.2, 0) is 0 Å². The van der Waals surface area contributed by atoms with E-state index in [-0.39, 0.29) is 6.04 Å². The summed E-state index contributed by atoms with van der Waals surface area (Å²) in [5.74, 6) is 0.908. The summed E-state index contributed by atoms with van der Waals surface area (Å²) in [6.07, 6.45) is 5.28. The average molecular weight is 276 g/mol. The summed E-state index contributed by atoms with van der Waals surface area (Å²) in [4.78, 5) is 2.54. The maximum absolute atomic E-state index is 6.46. The molecule has 2 unspecified atom stereocenters. The quantitative estimate of drug-likeness (QED) is 0.917. The van der Waals surface area contributed by atoms with Crippen molar-refractivity contribution < 1.29 is 4.74 Å². The maximum Gasteiger partial charge on any atom is 0.123 e. The third kappa shape index (κ3) is 3.74. The Morgan fingerprint density at radius 1 is 1.35 bits per heavy atom. The zero-order valence-corrected chi connectivity index (χ0v) is 13.1. The highest BCUT2D eigenvalue weighted by Gasteiger charge is 2.21. The van der Waals surface area contributed by atoms with Crippen LogP contribution in [-0.4, -0.2) is 31.1 Å². The Labute approximate surface area is 123 Å². The van der Waals surface area contributed by atoms with E-state index in [1.54, 1.807) is 7.11 Å². The highest BCUT2D eigenvalue weighted by Crippen LogP contribution is 2.27. The van der Waals surface area contributed by atoms with Crippen LogP contribution >= 0.6 is 0 Å². The van der Waals surface area contributed by atoms with Crippen LogP contribution in [0.15, 0.2) is 18.2 Å². The van der Waals surface area contributed by atoms with Crippen molar-refractivity contribution >= 4 is 0 Å². The van der Waals surface area contributed by atoms with E-state index in [0.29, 0.717) is 6.04 Å². The number of likely N-dealkylation sites (tertiary alicyclic amines) is 1. The molecule has 2 rings (SSSR count). The number of ether oxygens (including phenoxy) is 1. The van der Waals surface area contributed by atoms with E-state index in [1.165, 1.54) is 37.8 Å². The number of methoxy groups -OCH3 is 1. The number of rotatable bonds is 4. The van der Waals surface area contributed by atoms with Gasteiger partial charge in [0.15, 0.2) is 0 Å². The molecule has 0 aromatic heterocycles. The van der Waals surface area contributed by atoms with Crippen LogP contribution in [0.4, 0.5) is 0 Å². The van der Waals surface area contributed by atoms with Gasteiger partial charge in [0.1, 0.15) is 5.75 Å². The fourth-order valence-corrected chi connectivity index (χ4v) is 3.10. The van der Waals surface area contributed by atoms with E-state index in [2.05, 4.69) is 30.9 Å². The first-order chi connectivity index (χ1) is 9.61. The Bertz CT molecular complexity index is 433. The van der Waals surface area contributed by atoms with Crippen molar-refractivity contribution in [2.24, 2.45) is 5.73 Å². The highest BCUT2D eigenvalue weighted by atomic mass is 16.5. The molecule has 1 heterocycles. The molecular formula is C17H28N2O. The number of hydrogen-bond donors (Lipinski definition) is 1. The third-order valence-electron chi connectivity index (χ3n) is 4.41. The Hall–Kier alpha value is -1.06. The van der Waals surface area contributed by atoms with Gasteiger partial charge < -0.3 is 10.5 Å². The fraction of sp³-hybridized carbons (Fsp3) is 0.647. The molecule has 2 atom stereocenters. The lowest BCUT2D eigenvalue weighted by Crippen LogP contribution is -2.38. The minimum Gasteiger partial charge on any atom is -0.496 e. The van der Waals surface area contributed by atoms with Crippen molar-refractivity contribution in [1.29, 1.82) is 0 Å². The van der Waals surface area contributed by atoms with E-state index in [9.17, 15) is 0 Å². The van der Waals surface area contributed by atoms with Gasteiger partial charge in [-0.1, -0.05) is 30.5 Å². The van der Waals surface area contributed by atoms with Gasteiger partial charge in [-0.2, -0.15) is 0 Å². The normalized spacial score (nSPS) is 22.3. The molecule has 1 saturated heterocycles. The van der Waals surface area contributed by atoms with Crippen molar-refractivity contribution in [2.45, 2.75) is 51.6 Å².